The molecule has 5 nitrogen and oxygen atoms in total. The average Bonchev–Trinajstić information content (AvgIpc) is 2.23. The van der Waals surface area contributed by atoms with Crippen LogP contribution in [0.5, 0.6) is 5.75 Å². The van der Waals surface area contributed by atoms with Gasteiger partial charge in [0.1, 0.15) is 6.10 Å². The maximum absolute atomic E-state index is 10.9. The fourth-order valence-corrected chi connectivity index (χ4v) is 1.55. The Morgan fingerprint density at radius 2 is 2.31 bits per heavy atom. The third-order valence-electron chi connectivity index (χ3n) is 2.67. The van der Waals surface area contributed by atoms with Gasteiger partial charge in [0.2, 0.25) is 0 Å². The summed E-state index contributed by atoms with van der Waals surface area (Å²) in [6, 6.07) is 5.14. The molecule has 0 amide bonds. The smallest absolute Gasteiger partial charge is 0.311 e. The zero-order valence-electron chi connectivity index (χ0n) is 9.10. The molecule has 0 aliphatic carbocycles. The van der Waals surface area contributed by atoms with Gasteiger partial charge in [0.05, 0.1) is 4.92 Å². The van der Waals surface area contributed by atoms with Crippen molar-refractivity contribution in [3.05, 3.63) is 33.9 Å². The molecule has 5 heteroatoms. The highest BCUT2D eigenvalue weighted by molar-refractivity contribution is 5.48. The Labute approximate surface area is 93.6 Å². The molecular formula is C11H14N2O3. The fourth-order valence-electron chi connectivity index (χ4n) is 1.55. The highest BCUT2D eigenvalue weighted by atomic mass is 16.6. The molecule has 1 aromatic carbocycles. The van der Waals surface area contributed by atoms with E-state index in [1.54, 1.807) is 12.1 Å². The molecule has 16 heavy (non-hydrogen) atoms. The number of benzene rings is 1. The van der Waals surface area contributed by atoms with E-state index >= 15 is 0 Å². The molecule has 1 aromatic rings. The Morgan fingerprint density at radius 1 is 1.56 bits per heavy atom. The summed E-state index contributed by atoms with van der Waals surface area (Å²) >= 11 is 0. The van der Waals surface area contributed by atoms with Gasteiger partial charge >= 0.3 is 5.69 Å². The van der Waals surface area contributed by atoms with Crippen molar-refractivity contribution >= 4 is 5.69 Å². The van der Waals surface area contributed by atoms with Crippen molar-refractivity contribution in [1.29, 1.82) is 0 Å². The molecule has 1 aliphatic rings. The molecule has 0 radical (unpaired) electrons. The average molecular weight is 222 g/mol. The minimum absolute atomic E-state index is 0.0613. The van der Waals surface area contributed by atoms with Gasteiger partial charge in [-0.15, -0.1) is 0 Å². The van der Waals surface area contributed by atoms with Gasteiger partial charge in [-0.2, -0.15) is 0 Å². The summed E-state index contributed by atoms with van der Waals surface area (Å²) in [4.78, 5) is 10.5. The van der Waals surface area contributed by atoms with Crippen LogP contribution >= 0.6 is 0 Å². The second-order valence-electron chi connectivity index (χ2n) is 3.81. The van der Waals surface area contributed by atoms with Gasteiger partial charge in [0.15, 0.2) is 5.75 Å². The van der Waals surface area contributed by atoms with E-state index in [9.17, 15) is 10.1 Å². The van der Waals surface area contributed by atoms with Gasteiger partial charge in [-0.3, -0.25) is 10.1 Å². The summed E-state index contributed by atoms with van der Waals surface area (Å²) in [7, 11) is 0. The molecule has 86 valence electrons. The second kappa shape index (κ2) is 4.49. The van der Waals surface area contributed by atoms with Crippen molar-refractivity contribution in [3.63, 3.8) is 0 Å². The molecule has 2 rings (SSSR count). The first-order chi connectivity index (χ1) is 7.70. The number of ether oxygens (including phenoxy) is 1. The van der Waals surface area contributed by atoms with Gasteiger partial charge in [-0.25, -0.2) is 0 Å². The molecule has 1 N–H and O–H groups in total. The molecule has 0 aromatic heterocycles. The Balaban J connectivity index is 2.24. The van der Waals surface area contributed by atoms with E-state index in [0.717, 1.165) is 25.1 Å². The number of rotatable bonds is 4. The van der Waals surface area contributed by atoms with E-state index in [4.69, 9.17) is 4.74 Å². The predicted octanol–water partition coefficient (Wildman–Crippen LogP) is 1.51. The zero-order chi connectivity index (χ0) is 11.5. The van der Waals surface area contributed by atoms with E-state index in [1.165, 1.54) is 0 Å². The minimum atomic E-state index is -0.388. The maximum atomic E-state index is 10.9. The van der Waals surface area contributed by atoms with Crippen LogP contribution in [-0.2, 0) is 6.42 Å². The molecule has 1 aliphatic heterocycles. The van der Waals surface area contributed by atoms with Crippen molar-refractivity contribution < 1.29 is 9.66 Å². The van der Waals surface area contributed by atoms with Crippen LogP contribution in [0.2, 0.25) is 0 Å². The normalized spacial score (nSPS) is 15.6. The van der Waals surface area contributed by atoms with Crippen LogP contribution in [0.1, 0.15) is 12.5 Å². The first kappa shape index (κ1) is 10.9. The molecule has 0 spiro atoms. The van der Waals surface area contributed by atoms with Crippen LogP contribution in [0.25, 0.3) is 0 Å². The third kappa shape index (κ3) is 2.14. The predicted molar refractivity (Wildman–Crippen MR) is 59.8 cm³/mol. The van der Waals surface area contributed by atoms with Gasteiger partial charge in [-0.05, 0) is 18.1 Å². The van der Waals surface area contributed by atoms with E-state index < -0.39 is 0 Å². The monoisotopic (exact) mass is 222 g/mol. The molecule has 1 saturated heterocycles. The van der Waals surface area contributed by atoms with E-state index in [1.807, 2.05) is 13.0 Å². The second-order valence-corrected chi connectivity index (χ2v) is 3.81. The van der Waals surface area contributed by atoms with Crippen LogP contribution in [0.15, 0.2) is 18.2 Å². The van der Waals surface area contributed by atoms with Crippen molar-refractivity contribution in [1.82, 2.24) is 5.32 Å². The van der Waals surface area contributed by atoms with E-state index in [2.05, 4.69) is 5.32 Å². The third-order valence-corrected chi connectivity index (χ3v) is 2.67. The number of nitrogens with one attached hydrogen (secondary N) is 1. The highest BCUT2D eigenvalue weighted by Crippen LogP contribution is 2.29. The summed E-state index contributed by atoms with van der Waals surface area (Å²) in [5, 5.41) is 13.9. The lowest BCUT2D eigenvalue weighted by Gasteiger charge is -2.27. The van der Waals surface area contributed by atoms with Crippen LogP contribution in [0.3, 0.4) is 0 Å². The number of nitro benzene ring substituents is 1. The Morgan fingerprint density at radius 3 is 2.81 bits per heavy atom. The minimum Gasteiger partial charge on any atom is -0.481 e. The van der Waals surface area contributed by atoms with E-state index in [-0.39, 0.29) is 16.7 Å². The standard InChI is InChI=1S/C11H14N2O3/c1-2-8-3-4-11(10(5-8)13(14)15)16-9-6-12-7-9/h3-5,9,12H,2,6-7H2,1H3. The van der Waals surface area contributed by atoms with Crippen LogP contribution in [0.4, 0.5) is 5.69 Å². The molecule has 0 atom stereocenters. The Hall–Kier alpha value is -1.62. The number of aryl methyl sites for hydroxylation is 1. The molecule has 1 fully saturated rings. The van der Waals surface area contributed by atoms with Gasteiger partial charge < -0.3 is 10.1 Å². The molecule has 0 unspecified atom stereocenters. The number of hydrogen-bond donors (Lipinski definition) is 1. The van der Waals surface area contributed by atoms with Gasteiger partial charge in [0, 0.05) is 19.2 Å². The molecule has 0 saturated carbocycles. The SMILES string of the molecule is CCc1ccc(OC2CNC2)c([N+](=O)[O-])c1. The van der Waals surface area contributed by atoms with Gasteiger partial charge in [-0.1, -0.05) is 13.0 Å². The number of hydrogen-bond acceptors (Lipinski definition) is 4. The summed E-state index contributed by atoms with van der Waals surface area (Å²) in [5.41, 5.74) is 1.01. The number of nitro groups is 1. The quantitative estimate of drug-likeness (QED) is 0.619. The largest absolute Gasteiger partial charge is 0.481 e. The van der Waals surface area contributed by atoms with E-state index in [0.29, 0.717) is 5.75 Å². The summed E-state index contributed by atoms with van der Waals surface area (Å²) < 4.78 is 5.54. The van der Waals surface area contributed by atoms with Crippen LogP contribution in [0, 0.1) is 10.1 Å². The van der Waals surface area contributed by atoms with Crippen molar-refractivity contribution in [2.75, 3.05) is 13.1 Å². The topological polar surface area (TPSA) is 64.4 Å². The maximum Gasteiger partial charge on any atom is 0.311 e. The summed E-state index contributed by atoms with van der Waals surface area (Å²) in [6.07, 6.45) is 0.845. The van der Waals surface area contributed by atoms with Crippen molar-refractivity contribution in [2.45, 2.75) is 19.4 Å². The van der Waals surface area contributed by atoms with Gasteiger partial charge in [0.25, 0.3) is 0 Å². The van der Waals surface area contributed by atoms with Crippen molar-refractivity contribution in [3.8, 4) is 5.75 Å². The Bertz CT molecular complexity index is 402. The first-order valence-electron chi connectivity index (χ1n) is 5.35. The lowest BCUT2D eigenvalue weighted by Crippen LogP contribution is -2.50. The lowest BCUT2D eigenvalue weighted by atomic mass is 10.1. The lowest BCUT2D eigenvalue weighted by molar-refractivity contribution is -0.386. The molecular weight excluding hydrogens is 208 g/mol. The van der Waals surface area contributed by atoms with Crippen molar-refractivity contribution in [2.24, 2.45) is 0 Å². The summed E-state index contributed by atoms with van der Waals surface area (Å²) in [6.45, 7) is 3.48. The van der Waals surface area contributed by atoms with Crippen LogP contribution < -0.4 is 10.1 Å². The molecule has 1 heterocycles. The Kier molecular flexibility index (Phi) is 3.05. The zero-order valence-corrected chi connectivity index (χ0v) is 9.10. The summed E-state index contributed by atoms with van der Waals surface area (Å²) in [5.74, 6) is 0.369. The first-order valence-corrected chi connectivity index (χ1v) is 5.35. The number of nitrogens with zero attached hydrogens (tertiary/aromatic N) is 1. The van der Waals surface area contributed by atoms with Crippen LogP contribution in [-0.4, -0.2) is 24.1 Å². The fraction of sp³-hybridized carbons (Fsp3) is 0.455. The highest BCUT2D eigenvalue weighted by Gasteiger charge is 2.23. The molecule has 0 bridgehead atoms.